The second kappa shape index (κ2) is 6.23. The second-order valence-electron chi connectivity index (χ2n) is 5.90. The Kier molecular flexibility index (Phi) is 4.26. The van der Waals surface area contributed by atoms with Crippen LogP contribution >= 0.6 is 0 Å². The molecule has 3 rings (SSSR count). The lowest BCUT2D eigenvalue weighted by atomic mass is 10.1. The Morgan fingerprint density at radius 3 is 2.67 bits per heavy atom. The van der Waals surface area contributed by atoms with E-state index in [-0.39, 0.29) is 16.6 Å². The maximum absolute atomic E-state index is 13.1. The first-order valence-corrected chi connectivity index (χ1v) is 9.04. The van der Waals surface area contributed by atoms with Crippen LogP contribution in [-0.2, 0) is 16.6 Å². The van der Waals surface area contributed by atoms with Crippen LogP contribution in [0.3, 0.4) is 0 Å². The van der Waals surface area contributed by atoms with Gasteiger partial charge in [-0.3, -0.25) is 0 Å². The summed E-state index contributed by atoms with van der Waals surface area (Å²) in [6, 6.07) is 12.4. The highest BCUT2D eigenvalue weighted by atomic mass is 32.2. The fraction of sp³-hybridized carbons (Fsp3) is 0.294. The normalized spacial score (nSPS) is 18.5. The molecule has 0 aliphatic carbocycles. The van der Waals surface area contributed by atoms with Crippen LogP contribution in [0, 0.1) is 11.3 Å². The van der Waals surface area contributed by atoms with Crippen LogP contribution in [0.1, 0.15) is 18.2 Å². The molecule has 1 aliphatic heterocycles. The molecule has 124 valence electrons. The number of nitriles is 1. The molecule has 0 bridgehead atoms. The topological polar surface area (TPSA) is 77.3 Å². The van der Waals surface area contributed by atoms with Crippen molar-refractivity contribution < 1.29 is 8.42 Å². The summed E-state index contributed by atoms with van der Waals surface area (Å²) in [6.45, 7) is 2.81. The molecule has 1 atom stereocenters. The van der Waals surface area contributed by atoms with Crippen LogP contribution in [0.4, 0.5) is 5.69 Å². The number of hydrogen-bond donors (Lipinski definition) is 0. The van der Waals surface area contributed by atoms with Gasteiger partial charge in [0.1, 0.15) is 16.7 Å². The summed E-state index contributed by atoms with van der Waals surface area (Å²) in [7, 11) is -1.72. The zero-order valence-electron chi connectivity index (χ0n) is 13.5. The molecule has 0 fully saturated rings. The summed E-state index contributed by atoms with van der Waals surface area (Å²) in [4.78, 5) is 6.07. The molecule has 1 aromatic carbocycles. The van der Waals surface area contributed by atoms with Gasteiger partial charge < -0.3 is 4.90 Å². The lowest BCUT2D eigenvalue weighted by Crippen LogP contribution is -2.41. The number of nitrogens with zero attached hydrogens (tertiary/aromatic N) is 4. The van der Waals surface area contributed by atoms with E-state index in [1.165, 1.54) is 22.6 Å². The highest BCUT2D eigenvalue weighted by Crippen LogP contribution is 2.29. The minimum Gasteiger partial charge on any atom is -0.373 e. The zero-order chi connectivity index (χ0) is 17.3. The van der Waals surface area contributed by atoms with Crippen molar-refractivity contribution in [1.29, 1.82) is 5.26 Å². The molecule has 0 saturated heterocycles. The van der Waals surface area contributed by atoms with Crippen LogP contribution in [0.15, 0.2) is 47.5 Å². The third kappa shape index (κ3) is 2.86. The predicted molar refractivity (Wildman–Crippen MR) is 90.9 cm³/mol. The summed E-state index contributed by atoms with van der Waals surface area (Å²) in [5, 5.41) is 8.82. The first-order valence-electron chi connectivity index (χ1n) is 7.60. The number of fused-ring (bicyclic) bond motifs is 1. The minimum atomic E-state index is -3.69. The van der Waals surface area contributed by atoms with Gasteiger partial charge in [-0.2, -0.15) is 9.57 Å². The van der Waals surface area contributed by atoms with Gasteiger partial charge in [-0.25, -0.2) is 13.4 Å². The van der Waals surface area contributed by atoms with Gasteiger partial charge in [-0.05, 0) is 30.7 Å². The van der Waals surface area contributed by atoms with Crippen LogP contribution in [-0.4, -0.2) is 37.3 Å². The average Bonchev–Trinajstić information content (AvgIpc) is 2.72. The fourth-order valence-electron chi connectivity index (χ4n) is 2.98. The van der Waals surface area contributed by atoms with E-state index in [0.717, 1.165) is 11.3 Å². The van der Waals surface area contributed by atoms with Gasteiger partial charge >= 0.3 is 0 Å². The van der Waals surface area contributed by atoms with Crippen molar-refractivity contribution in [1.82, 2.24) is 9.29 Å². The van der Waals surface area contributed by atoms with Crippen molar-refractivity contribution in [2.24, 2.45) is 0 Å². The van der Waals surface area contributed by atoms with E-state index in [0.29, 0.717) is 13.1 Å². The number of hydrogen-bond acceptors (Lipinski definition) is 5. The Balaban J connectivity index is 2.02. The Bertz CT molecular complexity index is 888. The van der Waals surface area contributed by atoms with Crippen LogP contribution in [0.25, 0.3) is 0 Å². The monoisotopic (exact) mass is 342 g/mol. The smallest absolute Gasteiger partial charge is 0.245 e. The van der Waals surface area contributed by atoms with E-state index in [4.69, 9.17) is 5.26 Å². The second-order valence-corrected chi connectivity index (χ2v) is 7.79. The van der Waals surface area contributed by atoms with Gasteiger partial charge in [0.25, 0.3) is 0 Å². The molecule has 0 saturated carbocycles. The molecule has 24 heavy (non-hydrogen) atoms. The molecule has 6 nitrogen and oxygen atoms in total. The number of rotatable bonds is 2. The van der Waals surface area contributed by atoms with Gasteiger partial charge in [0.2, 0.25) is 10.0 Å². The largest absolute Gasteiger partial charge is 0.373 e. The third-order valence-corrected chi connectivity index (χ3v) is 6.16. The molecule has 0 spiro atoms. The number of sulfonamides is 1. The number of likely N-dealkylation sites (N-methyl/N-ethyl adjacent to an activating group) is 1. The zero-order valence-corrected chi connectivity index (χ0v) is 14.4. The van der Waals surface area contributed by atoms with Gasteiger partial charge in [0.05, 0.1) is 0 Å². The maximum atomic E-state index is 13.1. The Labute approximate surface area is 142 Å². The predicted octanol–water partition coefficient (Wildman–Crippen LogP) is 1.98. The molecule has 7 heteroatoms. The number of pyridine rings is 1. The van der Waals surface area contributed by atoms with E-state index >= 15 is 0 Å². The maximum Gasteiger partial charge on any atom is 0.245 e. The number of para-hydroxylation sites is 1. The van der Waals surface area contributed by atoms with Crippen LogP contribution < -0.4 is 4.90 Å². The number of anilines is 1. The molecular formula is C17H18N4O2S. The standard InChI is InChI=1S/C17H18N4O2S/c1-13-11-20(2)17-6-4-3-5-14(17)12-21(13)24(22,23)16-8-7-15(9-18)19-10-16/h3-8,10,13H,11-12H2,1-2H3. The highest BCUT2D eigenvalue weighted by molar-refractivity contribution is 7.89. The SMILES string of the molecule is CC1CN(C)c2ccccc2CN1S(=O)(=O)c1ccc(C#N)nc1. The van der Waals surface area contributed by atoms with E-state index < -0.39 is 10.0 Å². The van der Waals surface area contributed by atoms with Crippen molar-refractivity contribution in [3.05, 3.63) is 53.9 Å². The van der Waals surface area contributed by atoms with E-state index in [2.05, 4.69) is 9.88 Å². The van der Waals surface area contributed by atoms with Crippen molar-refractivity contribution in [2.45, 2.75) is 24.4 Å². The summed E-state index contributed by atoms with van der Waals surface area (Å²) in [5.41, 5.74) is 2.21. The van der Waals surface area contributed by atoms with Crippen molar-refractivity contribution in [2.75, 3.05) is 18.5 Å². The summed E-state index contributed by atoms with van der Waals surface area (Å²) < 4.78 is 27.6. The van der Waals surface area contributed by atoms with E-state index in [1.54, 1.807) is 0 Å². The van der Waals surface area contributed by atoms with Crippen molar-refractivity contribution in [3.8, 4) is 6.07 Å². The van der Waals surface area contributed by atoms with Crippen molar-refractivity contribution >= 4 is 15.7 Å². The summed E-state index contributed by atoms with van der Waals surface area (Å²) >= 11 is 0. The van der Waals surface area contributed by atoms with Crippen LogP contribution in [0.2, 0.25) is 0 Å². The Morgan fingerprint density at radius 2 is 2.00 bits per heavy atom. The molecule has 1 aliphatic rings. The van der Waals surface area contributed by atoms with E-state index in [9.17, 15) is 8.42 Å². The Morgan fingerprint density at radius 1 is 1.25 bits per heavy atom. The first kappa shape index (κ1) is 16.4. The molecular weight excluding hydrogens is 324 g/mol. The Hall–Kier alpha value is -2.43. The minimum absolute atomic E-state index is 0.107. The molecule has 1 unspecified atom stereocenters. The fourth-order valence-corrected chi connectivity index (χ4v) is 4.53. The molecule has 0 amide bonds. The molecule has 2 heterocycles. The van der Waals surface area contributed by atoms with Gasteiger partial charge in [-0.1, -0.05) is 18.2 Å². The van der Waals surface area contributed by atoms with E-state index in [1.807, 2.05) is 44.3 Å². The molecule has 0 radical (unpaired) electrons. The summed E-state index contributed by atoms with van der Waals surface area (Å²) in [5.74, 6) is 0. The highest BCUT2D eigenvalue weighted by Gasteiger charge is 2.33. The molecule has 1 aromatic heterocycles. The number of benzene rings is 1. The lowest BCUT2D eigenvalue weighted by Gasteiger charge is -2.27. The molecule has 0 N–H and O–H groups in total. The third-order valence-electron chi connectivity index (χ3n) is 4.22. The van der Waals surface area contributed by atoms with Crippen molar-refractivity contribution in [3.63, 3.8) is 0 Å². The van der Waals surface area contributed by atoms with Gasteiger partial charge in [-0.15, -0.1) is 0 Å². The lowest BCUT2D eigenvalue weighted by molar-refractivity contribution is 0.340. The average molecular weight is 342 g/mol. The first-order chi connectivity index (χ1) is 11.4. The van der Waals surface area contributed by atoms with Gasteiger partial charge in [0, 0.05) is 38.1 Å². The van der Waals surface area contributed by atoms with Gasteiger partial charge in [0.15, 0.2) is 0 Å². The summed E-state index contributed by atoms with van der Waals surface area (Å²) in [6.07, 6.45) is 1.25. The number of aromatic nitrogens is 1. The van der Waals surface area contributed by atoms with Crippen LogP contribution in [0.5, 0.6) is 0 Å². The molecule has 2 aromatic rings. The quantitative estimate of drug-likeness (QED) is 0.834.